The molecular formula is C30H51F3O. The Balaban J connectivity index is 1.17. The van der Waals surface area contributed by atoms with Crippen LogP contribution >= 0.6 is 0 Å². The molecule has 4 saturated carbocycles. The van der Waals surface area contributed by atoms with Gasteiger partial charge in [-0.25, -0.2) is 13.2 Å². The second-order valence-electron chi connectivity index (χ2n) is 12.6. The Bertz CT molecular complexity index is 584. The fourth-order valence-corrected chi connectivity index (χ4v) is 8.29. The maximum Gasteiger partial charge on any atom is 0.134 e. The van der Waals surface area contributed by atoms with Crippen molar-refractivity contribution >= 4 is 0 Å². The van der Waals surface area contributed by atoms with Crippen molar-refractivity contribution in [2.75, 3.05) is 6.61 Å². The Morgan fingerprint density at radius 1 is 0.647 bits per heavy atom. The second-order valence-corrected chi connectivity index (χ2v) is 12.6. The van der Waals surface area contributed by atoms with Gasteiger partial charge < -0.3 is 4.74 Å². The van der Waals surface area contributed by atoms with Crippen LogP contribution in [0.15, 0.2) is 0 Å². The van der Waals surface area contributed by atoms with E-state index in [-0.39, 0.29) is 23.9 Å². The summed E-state index contributed by atoms with van der Waals surface area (Å²) >= 11 is 0. The van der Waals surface area contributed by atoms with Gasteiger partial charge >= 0.3 is 0 Å². The van der Waals surface area contributed by atoms with Crippen molar-refractivity contribution in [3.8, 4) is 0 Å². The van der Waals surface area contributed by atoms with Gasteiger partial charge in [0, 0.05) is 13.0 Å². The average Bonchev–Trinajstić information content (AvgIpc) is 2.86. The summed E-state index contributed by atoms with van der Waals surface area (Å²) in [4.78, 5) is 0. The first-order valence-corrected chi connectivity index (χ1v) is 15.0. The first-order valence-electron chi connectivity index (χ1n) is 15.0. The molecule has 34 heavy (non-hydrogen) atoms. The molecule has 0 amide bonds. The highest BCUT2D eigenvalue weighted by molar-refractivity contribution is 4.95. The molecule has 198 valence electrons. The zero-order valence-corrected chi connectivity index (χ0v) is 21.9. The van der Waals surface area contributed by atoms with Crippen molar-refractivity contribution < 1.29 is 17.9 Å². The molecule has 0 bridgehead atoms. The predicted octanol–water partition coefficient (Wildman–Crippen LogP) is 9.04. The summed E-state index contributed by atoms with van der Waals surface area (Å²) in [7, 11) is 0. The maximum absolute atomic E-state index is 15.4. The molecule has 4 heteroatoms. The van der Waals surface area contributed by atoms with Crippen LogP contribution in [0.4, 0.5) is 13.2 Å². The number of hydrogen-bond acceptors (Lipinski definition) is 1. The quantitative estimate of drug-likeness (QED) is 0.334. The average molecular weight is 485 g/mol. The molecule has 4 rings (SSSR count). The number of ether oxygens (including phenoxy) is 1. The second kappa shape index (κ2) is 12.8. The van der Waals surface area contributed by atoms with Crippen LogP contribution in [0.25, 0.3) is 0 Å². The molecule has 0 saturated heterocycles. The monoisotopic (exact) mass is 484 g/mol. The first kappa shape index (κ1) is 26.8. The normalized spacial score (nSPS) is 46.3. The van der Waals surface area contributed by atoms with E-state index in [2.05, 4.69) is 13.8 Å². The topological polar surface area (TPSA) is 9.23 Å². The fraction of sp³-hybridized carbons (Fsp3) is 1.00. The Morgan fingerprint density at radius 2 is 1.21 bits per heavy atom. The molecular weight excluding hydrogens is 433 g/mol. The Morgan fingerprint density at radius 3 is 1.71 bits per heavy atom. The smallest absolute Gasteiger partial charge is 0.134 e. The SMILES string of the molecule is CCCC1CCC(C2CCC(C3CCC(COC4CCC(CC)C(F)C4)CC3)C(F)C2F)CC1. The lowest BCUT2D eigenvalue weighted by atomic mass is 9.63. The summed E-state index contributed by atoms with van der Waals surface area (Å²) in [5, 5.41) is 0. The van der Waals surface area contributed by atoms with Crippen LogP contribution in [-0.4, -0.2) is 31.2 Å². The number of alkyl halides is 3. The summed E-state index contributed by atoms with van der Waals surface area (Å²) in [5.74, 6) is 2.16. The largest absolute Gasteiger partial charge is 0.378 e. The molecule has 7 atom stereocenters. The number of halogens is 3. The third-order valence-electron chi connectivity index (χ3n) is 10.6. The van der Waals surface area contributed by atoms with Gasteiger partial charge in [-0.15, -0.1) is 0 Å². The standard InChI is InChI=1S/C30H51F3O/c1-3-5-20-6-10-23(11-7-20)26-16-17-27(30(33)29(26)32)24-12-8-21(9-13-24)19-34-25-15-14-22(4-2)28(31)18-25/h20-30H,3-19H2,1-2H3. The Hall–Kier alpha value is -0.250. The lowest BCUT2D eigenvalue weighted by Crippen LogP contribution is -2.45. The van der Waals surface area contributed by atoms with E-state index >= 15 is 8.78 Å². The van der Waals surface area contributed by atoms with Gasteiger partial charge in [0.05, 0.1) is 6.10 Å². The predicted molar refractivity (Wildman–Crippen MR) is 134 cm³/mol. The minimum atomic E-state index is -1.26. The molecule has 0 aromatic carbocycles. The van der Waals surface area contributed by atoms with Crippen molar-refractivity contribution in [1.82, 2.24) is 0 Å². The lowest BCUT2D eigenvalue weighted by Gasteiger charge is -2.44. The third kappa shape index (κ3) is 6.54. The molecule has 0 N–H and O–H groups in total. The van der Waals surface area contributed by atoms with Crippen LogP contribution < -0.4 is 0 Å². The van der Waals surface area contributed by atoms with Gasteiger partial charge in [-0.1, -0.05) is 46.0 Å². The number of rotatable bonds is 8. The molecule has 0 spiro atoms. The van der Waals surface area contributed by atoms with Gasteiger partial charge in [0.1, 0.15) is 18.5 Å². The fourth-order valence-electron chi connectivity index (χ4n) is 8.29. The Kier molecular flexibility index (Phi) is 10.1. The van der Waals surface area contributed by atoms with E-state index in [1.54, 1.807) is 0 Å². The zero-order valence-electron chi connectivity index (χ0n) is 21.9. The van der Waals surface area contributed by atoms with E-state index in [0.29, 0.717) is 24.2 Å². The molecule has 1 nitrogen and oxygen atoms in total. The van der Waals surface area contributed by atoms with Gasteiger partial charge in [0.2, 0.25) is 0 Å². The highest BCUT2D eigenvalue weighted by atomic mass is 19.2. The third-order valence-corrected chi connectivity index (χ3v) is 10.6. The lowest BCUT2D eigenvalue weighted by molar-refractivity contribution is -0.0499. The van der Waals surface area contributed by atoms with E-state index < -0.39 is 18.5 Å². The van der Waals surface area contributed by atoms with E-state index in [9.17, 15) is 4.39 Å². The molecule has 0 heterocycles. The minimum Gasteiger partial charge on any atom is -0.378 e. The Labute approximate surface area is 207 Å². The van der Waals surface area contributed by atoms with E-state index in [0.717, 1.165) is 83.2 Å². The summed E-state index contributed by atoms with van der Waals surface area (Å²) in [6.07, 6.45) is 13.4. The van der Waals surface area contributed by atoms with Gasteiger partial charge in [-0.05, 0) is 106 Å². The molecule has 4 fully saturated rings. The summed E-state index contributed by atoms with van der Waals surface area (Å²) in [6, 6.07) is 0. The van der Waals surface area contributed by atoms with E-state index in [1.807, 2.05) is 0 Å². The molecule has 0 aliphatic heterocycles. The van der Waals surface area contributed by atoms with Crippen molar-refractivity contribution in [1.29, 1.82) is 0 Å². The van der Waals surface area contributed by atoms with Crippen molar-refractivity contribution in [3.05, 3.63) is 0 Å². The summed E-state index contributed by atoms with van der Waals surface area (Å²) < 4.78 is 51.1. The molecule has 4 aliphatic carbocycles. The van der Waals surface area contributed by atoms with Crippen molar-refractivity contribution in [3.63, 3.8) is 0 Å². The highest BCUT2D eigenvalue weighted by Gasteiger charge is 2.46. The van der Waals surface area contributed by atoms with Crippen LogP contribution in [0.1, 0.15) is 117 Å². The van der Waals surface area contributed by atoms with Crippen LogP contribution in [0, 0.1) is 41.4 Å². The van der Waals surface area contributed by atoms with Gasteiger partial charge in [-0.2, -0.15) is 0 Å². The molecule has 0 aromatic rings. The van der Waals surface area contributed by atoms with Gasteiger partial charge in [0.15, 0.2) is 0 Å². The molecule has 0 aromatic heterocycles. The van der Waals surface area contributed by atoms with E-state index in [1.165, 1.54) is 25.7 Å². The minimum absolute atomic E-state index is 0.0410. The van der Waals surface area contributed by atoms with Crippen LogP contribution in [0.5, 0.6) is 0 Å². The molecule has 4 aliphatic rings. The first-order chi connectivity index (χ1) is 16.5. The van der Waals surface area contributed by atoms with Crippen LogP contribution in [0.2, 0.25) is 0 Å². The van der Waals surface area contributed by atoms with Crippen molar-refractivity contribution in [2.45, 2.75) is 141 Å². The van der Waals surface area contributed by atoms with E-state index in [4.69, 9.17) is 4.74 Å². The highest BCUT2D eigenvalue weighted by Crippen LogP contribution is 2.48. The summed E-state index contributed by atoms with van der Waals surface area (Å²) in [5.41, 5.74) is 0. The van der Waals surface area contributed by atoms with Crippen LogP contribution in [0.3, 0.4) is 0 Å². The van der Waals surface area contributed by atoms with Crippen molar-refractivity contribution in [2.24, 2.45) is 41.4 Å². The number of hydrogen-bond donors (Lipinski definition) is 0. The molecule has 7 unspecified atom stereocenters. The van der Waals surface area contributed by atoms with Gasteiger partial charge in [0.25, 0.3) is 0 Å². The maximum atomic E-state index is 15.4. The van der Waals surface area contributed by atoms with Gasteiger partial charge in [-0.3, -0.25) is 0 Å². The summed E-state index contributed by atoms with van der Waals surface area (Å²) in [6.45, 7) is 5.05. The van der Waals surface area contributed by atoms with Crippen LogP contribution in [-0.2, 0) is 4.74 Å². The molecule has 0 radical (unpaired) electrons. The zero-order chi connectivity index (χ0) is 24.1.